The zero-order valence-electron chi connectivity index (χ0n) is 18.6. The highest BCUT2D eigenvalue weighted by Gasteiger charge is 2.26. The summed E-state index contributed by atoms with van der Waals surface area (Å²) in [6.45, 7) is 5.01. The first kappa shape index (κ1) is 21.4. The van der Waals surface area contributed by atoms with E-state index < -0.39 is 0 Å². The average molecular weight is 430 g/mol. The molecule has 1 aliphatic rings. The van der Waals surface area contributed by atoms with Gasteiger partial charge in [-0.3, -0.25) is 4.79 Å². The Morgan fingerprint density at radius 3 is 2.38 bits per heavy atom. The number of rotatable bonds is 5. The standard InChI is InChI=1S/C26H27N3O3/c1-17-12-18(2)14-22(13-17)28-26(31)27-16-19-4-5-20-10-11-29(24(20)15-19)25(30)21-6-8-23(32-3)9-7-21/h4-9,12-15H,10-11,16H2,1-3H3,(H2,27,28,31). The fourth-order valence-electron chi connectivity index (χ4n) is 4.04. The monoisotopic (exact) mass is 429 g/mol. The first-order valence-corrected chi connectivity index (χ1v) is 10.6. The van der Waals surface area contributed by atoms with Gasteiger partial charge in [-0.05, 0) is 85.0 Å². The van der Waals surface area contributed by atoms with Crippen LogP contribution in [0.2, 0.25) is 0 Å². The fraction of sp³-hybridized carbons (Fsp3) is 0.231. The van der Waals surface area contributed by atoms with Crippen molar-refractivity contribution in [3.63, 3.8) is 0 Å². The second-order valence-corrected chi connectivity index (χ2v) is 8.08. The van der Waals surface area contributed by atoms with Crippen LogP contribution in [0.25, 0.3) is 0 Å². The number of benzene rings is 3. The van der Waals surface area contributed by atoms with Crippen molar-refractivity contribution >= 4 is 23.3 Å². The minimum Gasteiger partial charge on any atom is -0.497 e. The highest BCUT2D eigenvalue weighted by atomic mass is 16.5. The summed E-state index contributed by atoms with van der Waals surface area (Å²) in [5, 5.41) is 5.78. The molecule has 3 amide bonds. The van der Waals surface area contributed by atoms with E-state index in [1.165, 1.54) is 0 Å². The number of nitrogens with zero attached hydrogens (tertiary/aromatic N) is 1. The first-order valence-electron chi connectivity index (χ1n) is 10.6. The maximum absolute atomic E-state index is 13.1. The number of aryl methyl sites for hydroxylation is 2. The number of fused-ring (bicyclic) bond motifs is 1. The molecule has 0 fully saturated rings. The van der Waals surface area contributed by atoms with Crippen LogP contribution in [0.1, 0.15) is 32.6 Å². The lowest BCUT2D eigenvalue weighted by Gasteiger charge is -2.18. The molecule has 164 valence electrons. The van der Waals surface area contributed by atoms with Gasteiger partial charge in [-0.25, -0.2) is 4.79 Å². The number of anilines is 2. The molecule has 0 bridgehead atoms. The zero-order valence-corrected chi connectivity index (χ0v) is 18.6. The maximum Gasteiger partial charge on any atom is 0.319 e. The third-order valence-electron chi connectivity index (χ3n) is 5.56. The smallest absolute Gasteiger partial charge is 0.319 e. The predicted molar refractivity (Wildman–Crippen MR) is 127 cm³/mol. The summed E-state index contributed by atoms with van der Waals surface area (Å²) in [4.78, 5) is 27.2. The number of carbonyl (C=O) groups is 2. The molecule has 0 saturated carbocycles. The normalized spacial score (nSPS) is 12.3. The van der Waals surface area contributed by atoms with Crippen LogP contribution in [-0.2, 0) is 13.0 Å². The van der Waals surface area contributed by atoms with E-state index in [0.717, 1.165) is 45.8 Å². The van der Waals surface area contributed by atoms with Crippen molar-refractivity contribution in [3.05, 3.63) is 88.5 Å². The quantitative estimate of drug-likeness (QED) is 0.610. The highest BCUT2D eigenvalue weighted by molar-refractivity contribution is 6.07. The minimum atomic E-state index is -0.262. The number of carbonyl (C=O) groups excluding carboxylic acids is 2. The van der Waals surface area contributed by atoms with E-state index in [-0.39, 0.29) is 11.9 Å². The number of methoxy groups -OCH3 is 1. The average Bonchev–Trinajstić information content (AvgIpc) is 3.20. The van der Waals surface area contributed by atoms with E-state index in [2.05, 4.69) is 16.7 Å². The Kier molecular flexibility index (Phi) is 6.12. The van der Waals surface area contributed by atoms with E-state index >= 15 is 0 Å². The molecule has 0 aliphatic carbocycles. The summed E-state index contributed by atoms with van der Waals surface area (Å²) >= 11 is 0. The van der Waals surface area contributed by atoms with Crippen molar-refractivity contribution in [2.75, 3.05) is 23.9 Å². The second-order valence-electron chi connectivity index (χ2n) is 8.08. The third-order valence-corrected chi connectivity index (χ3v) is 5.56. The summed E-state index contributed by atoms with van der Waals surface area (Å²) < 4.78 is 5.18. The van der Waals surface area contributed by atoms with E-state index in [1.807, 2.05) is 44.2 Å². The largest absolute Gasteiger partial charge is 0.497 e. The number of hydrogen-bond acceptors (Lipinski definition) is 3. The lowest BCUT2D eigenvalue weighted by atomic mass is 10.1. The van der Waals surface area contributed by atoms with Crippen LogP contribution in [0.3, 0.4) is 0 Å². The number of urea groups is 1. The van der Waals surface area contributed by atoms with Crippen molar-refractivity contribution < 1.29 is 14.3 Å². The Hall–Kier alpha value is -3.80. The molecule has 3 aromatic rings. The molecule has 0 saturated heterocycles. The van der Waals surface area contributed by atoms with Crippen LogP contribution in [0.4, 0.5) is 16.2 Å². The number of ether oxygens (including phenoxy) is 1. The van der Waals surface area contributed by atoms with Gasteiger partial charge in [0.25, 0.3) is 5.91 Å². The Morgan fingerprint density at radius 2 is 1.69 bits per heavy atom. The predicted octanol–water partition coefficient (Wildman–Crippen LogP) is 4.84. The van der Waals surface area contributed by atoms with Crippen molar-refractivity contribution in [1.29, 1.82) is 0 Å². The summed E-state index contributed by atoms with van der Waals surface area (Å²) in [5.74, 6) is 0.680. The van der Waals surface area contributed by atoms with Gasteiger partial charge in [-0.15, -0.1) is 0 Å². The van der Waals surface area contributed by atoms with E-state index in [0.29, 0.717) is 18.7 Å². The molecule has 4 rings (SSSR count). The number of amides is 3. The fourth-order valence-corrected chi connectivity index (χ4v) is 4.04. The van der Waals surface area contributed by atoms with Gasteiger partial charge in [0.1, 0.15) is 5.75 Å². The van der Waals surface area contributed by atoms with Crippen LogP contribution in [0.5, 0.6) is 5.75 Å². The Morgan fingerprint density at radius 1 is 0.969 bits per heavy atom. The SMILES string of the molecule is COc1ccc(C(=O)N2CCc3ccc(CNC(=O)Nc4cc(C)cc(C)c4)cc32)cc1. The molecule has 0 aromatic heterocycles. The molecule has 1 heterocycles. The third kappa shape index (κ3) is 4.75. The first-order chi connectivity index (χ1) is 15.4. The molecule has 0 unspecified atom stereocenters. The van der Waals surface area contributed by atoms with Crippen LogP contribution in [0, 0.1) is 13.8 Å². The van der Waals surface area contributed by atoms with E-state index in [9.17, 15) is 9.59 Å². The van der Waals surface area contributed by atoms with Gasteiger partial charge in [0.2, 0.25) is 0 Å². The van der Waals surface area contributed by atoms with Crippen LogP contribution in [-0.4, -0.2) is 25.6 Å². The molecule has 3 aromatic carbocycles. The Bertz CT molecular complexity index is 1140. The van der Waals surface area contributed by atoms with Gasteiger partial charge >= 0.3 is 6.03 Å². The van der Waals surface area contributed by atoms with Crippen LogP contribution < -0.4 is 20.3 Å². The maximum atomic E-state index is 13.1. The lowest BCUT2D eigenvalue weighted by molar-refractivity contribution is 0.0989. The Balaban J connectivity index is 1.42. The van der Waals surface area contributed by atoms with Crippen molar-refractivity contribution in [1.82, 2.24) is 5.32 Å². The van der Waals surface area contributed by atoms with Gasteiger partial charge in [0, 0.05) is 30.0 Å². The van der Waals surface area contributed by atoms with Gasteiger partial charge < -0.3 is 20.3 Å². The number of hydrogen-bond donors (Lipinski definition) is 2. The summed E-state index contributed by atoms with van der Waals surface area (Å²) in [5.41, 5.74) is 6.56. The van der Waals surface area contributed by atoms with Gasteiger partial charge in [-0.2, -0.15) is 0 Å². The molecule has 0 spiro atoms. The van der Waals surface area contributed by atoms with Crippen molar-refractivity contribution in [3.8, 4) is 5.75 Å². The topological polar surface area (TPSA) is 70.7 Å². The zero-order chi connectivity index (χ0) is 22.7. The molecular formula is C26H27N3O3. The molecule has 2 N–H and O–H groups in total. The minimum absolute atomic E-state index is 0.0379. The van der Waals surface area contributed by atoms with Crippen LogP contribution >= 0.6 is 0 Å². The van der Waals surface area contributed by atoms with E-state index in [4.69, 9.17) is 4.74 Å². The van der Waals surface area contributed by atoms with Crippen molar-refractivity contribution in [2.45, 2.75) is 26.8 Å². The van der Waals surface area contributed by atoms with Gasteiger partial charge in [0.15, 0.2) is 0 Å². The summed E-state index contributed by atoms with van der Waals surface area (Å²) in [7, 11) is 1.60. The molecule has 6 heteroatoms. The summed E-state index contributed by atoms with van der Waals surface area (Å²) in [6.07, 6.45) is 0.818. The van der Waals surface area contributed by atoms with E-state index in [1.54, 1.807) is 36.3 Å². The lowest BCUT2D eigenvalue weighted by Crippen LogP contribution is -2.29. The molecule has 1 aliphatic heterocycles. The summed E-state index contributed by atoms with van der Waals surface area (Å²) in [6, 6.07) is 18.8. The molecular weight excluding hydrogens is 402 g/mol. The molecule has 6 nitrogen and oxygen atoms in total. The number of nitrogens with one attached hydrogen (secondary N) is 2. The van der Waals surface area contributed by atoms with Crippen LogP contribution in [0.15, 0.2) is 60.7 Å². The Labute approximate surface area is 188 Å². The molecule has 32 heavy (non-hydrogen) atoms. The second kappa shape index (κ2) is 9.14. The van der Waals surface area contributed by atoms with Gasteiger partial charge in [0.05, 0.1) is 7.11 Å². The van der Waals surface area contributed by atoms with Gasteiger partial charge in [-0.1, -0.05) is 18.2 Å². The molecule has 0 atom stereocenters. The molecule has 0 radical (unpaired) electrons. The van der Waals surface area contributed by atoms with Crippen molar-refractivity contribution in [2.24, 2.45) is 0 Å². The highest BCUT2D eigenvalue weighted by Crippen LogP contribution is 2.30.